The minimum absolute atomic E-state index is 0.102. The van der Waals surface area contributed by atoms with Gasteiger partial charge in [-0.25, -0.2) is 0 Å². The Bertz CT molecular complexity index is 453. The number of methoxy groups -OCH3 is 1. The number of carbonyl (C=O) groups is 1. The topological polar surface area (TPSA) is 38.8 Å². The minimum Gasteiger partial charge on any atom is -0.493 e. The molecular formula is C17H25NO3. The van der Waals surface area contributed by atoms with Crippen molar-refractivity contribution in [1.82, 2.24) is 4.90 Å². The highest BCUT2D eigenvalue weighted by Crippen LogP contribution is 2.28. The van der Waals surface area contributed by atoms with Gasteiger partial charge in [0.1, 0.15) is 0 Å². The first-order valence-electron chi connectivity index (χ1n) is 7.84. The van der Waals surface area contributed by atoms with Gasteiger partial charge in [0.05, 0.1) is 7.11 Å². The summed E-state index contributed by atoms with van der Waals surface area (Å²) in [5.74, 6) is 1.40. The van der Waals surface area contributed by atoms with Gasteiger partial charge in [0.25, 0.3) is 5.91 Å². The molecule has 4 heteroatoms. The quantitative estimate of drug-likeness (QED) is 0.836. The van der Waals surface area contributed by atoms with Gasteiger partial charge in [-0.05, 0) is 31.4 Å². The molecule has 1 aromatic rings. The third-order valence-corrected chi connectivity index (χ3v) is 3.90. The molecule has 116 valence electrons. The highest BCUT2D eigenvalue weighted by Gasteiger charge is 2.25. The van der Waals surface area contributed by atoms with Gasteiger partial charge in [-0.2, -0.15) is 0 Å². The summed E-state index contributed by atoms with van der Waals surface area (Å²) in [5.41, 5.74) is 0. The molecule has 1 aromatic carbocycles. The smallest absolute Gasteiger partial charge is 0.263 e. The molecule has 0 unspecified atom stereocenters. The SMILES string of the molecule is CC[C@@H](Oc1ccccc1OC)C(=O)N1CCCCCC1. The molecular weight excluding hydrogens is 266 g/mol. The minimum atomic E-state index is -0.431. The molecule has 0 saturated carbocycles. The number of likely N-dealkylation sites (tertiary alicyclic amines) is 1. The Kier molecular flexibility index (Phi) is 5.90. The summed E-state index contributed by atoms with van der Waals surface area (Å²) in [6.45, 7) is 3.69. The van der Waals surface area contributed by atoms with E-state index in [0.717, 1.165) is 25.9 Å². The first kappa shape index (κ1) is 15.7. The lowest BCUT2D eigenvalue weighted by Crippen LogP contribution is -2.42. The zero-order valence-corrected chi connectivity index (χ0v) is 13.0. The van der Waals surface area contributed by atoms with Crippen molar-refractivity contribution in [2.24, 2.45) is 0 Å². The van der Waals surface area contributed by atoms with Crippen molar-refractivity contribution in [3.05, 3.63) is 24.3 Å². The van der Waals surface area contributed by atoms with Crippen LogP contribution in [0, 0.1) is 0 Å². The molecule has 1 saturated heterocycles. The average Bonchev–Trinajstić information content (AvgIpc) is 2.81. The Morgan fingerprint density at radius 1 is 1.14 bits per heavy atom. The number of ether oxygens (including phenoxy) is 2. The molecule has 1 atom stereocenters. The lowest BCUT2D eigenvalue weighted by atomic mass is 10.2. The van der Waals surface area contributed by atoms with E-state index in [1.807, 2.05) is 36.1 Å². The van der Waals surface area contributed by atoms with E-state index in [1.54, 1.807) is 7.11 Å². The molecule has 0 N–H and O–H groups in total. The maximum absolute atomic E-state index is 12.6. The van der Waals surface area contributed by atoms with Crippen LogP contribution in [-0.4, -0.2) is 37.1 Å². The third-order valence-electron chi connectivity index (χ3n) is 3.90. The molecule has 1 heterocycles. The Hall–Kier alpha value is -1.71. The van der Waals surface area contributed by atoms with Crippen LogP contribution in [0.2, 0.25) is 0 Å². The van der Waals surface area contributed by atoms with E-state index in [4.69, 9.17) is 9.47 Å². The average molecular weight is 291 g/mol. The molecule has 0 aliphatic carbocycles. The Morgan fingerprint density at radius 3 is 2.33 bits per heavy atom. The van der Waals surface area contributed by atoms with Crippen molar-refractivity contribution < 1.29 is 14.3 Å². The van der Waals surface area contributed by atoms with E-state index in [1.165, 1.54) is 12.8 Å². The van der Waals surface area contributed by atoms with Crippen LogP contribution < -0.4 is 9.47 Å². The monoisotopic (exact) mass is 291 g/mol. The maximum atomic E-state index is 12.6. The number of benzene rings is 1. The zero-order chi connectivity index (χ0) is 15.1. The molecule has 1 aliphatic heterocycles. The fourth-order valence-corrected chi connectivity index (χ4v) is 2.67. The van der Waals surface area contributed by atoms with Gasteiger partial charge in [0, 0.05) is 13.1 Å². The fourth-order valence-electron chi connectivity index (χ4n) is 2.67. The number of hydrogen-bond acceptors (Lipinski definition) is 3. The van der Waals surface area contributed by atoms with E-state index in [2.05, 4.69) is 0 Å². The zero-order valence-electron chi connectivity index (χ0n) is 13.0. The predicted molar refractivity (Wildman–Crippen MR) is 82.7 cm³/mol. The maximum Gasteiger partial charge on any atom is 0.263 e. The van der Waals surface area contributed by atoms with Crippen LogP contribution in [0.15, 0.2) is 24.3 Å². The van der Waals surface area contributed by atoms with Crippen molar-refractivity contribution in [3.63, 3.8) is 0 Å². The van der Waals surface area contributed by atoms with Gasteiger partial charge in [0.15, 0.2) is 17.6 Å². The largest absolute Gasteiger partial charge is 0.493 e. The summed E-state index contributed by atoms with van der Waals surface area (Å²) >= 11 is 0. The fraction of sp³-hybridized carbons (Fsp3) is 0.588. The number of hydrogen-bond donors (Lipinski definition) is 0. The van der Waals surface area contributed by atoms with Crippen molar-refractivity contribution >= 4 is 5.91 Å². The molecule has 0 bridgehead atoms. The third kappa shape index (κ3) is 4.13. The summed E-state index contributed by atoms with van der Waals surface area (Å²) in [7, 11) is 1.61. The second kappa shape index (κ2) is 7.91. The van der Waals surface area contributed by atoms with Gasteiger partial charge >= 0.3 is 0 Å². The van der Waals surface area contributed by atoms with Crippen LogP contribution in [0.25, 0.3) is 0 Å². The Labute approximate surface area is 127 Å². The molecule has 4 nitrogen and oxygen atoms in total. The highest BCUT2D eigenvalue weighted by atomic mass is 16.5. The van der Waals surface area contributed by atoms with E-state index >= 15 is 0 Å². The van der Waals surface area contributed by atoms with E-state index in [9.17, 15) is 4.79 Å². The second-order valence-electron chi connectivity index (χ2n) is 5.41. The van der Waals surface area contributed by atoms with Gasteiger partial charge in [-0.15, -0.1) is 0 Å². The molecule has 1 fully saturated rings. The normalized spacial score (nSPS) is 17.0. The van der Waals surface area contributed by atoms with Gasteiger partial charge in [0.2, 0.25) is 0 Å². The van der Waals surface area contributed by atoms with Gasteiger partial charge in [-0.1, -0.05) is 31.9 Å². The lowest BCUT2D eigenvalue weighted by Gasteiger charge is -2.26. The van der Waals surface area contributed by atoms with Crippen LogP contribution in [-0.2, 0) is 4.79 Å². The van der Waals surface area contributed by atoms with Crippen molar-refractivity contribution in [1.29, 1.82) is 0 Å². The molecule has 1 aliphatic rings. The van der Waals surface area contributed by atoms with Gasteiger partial charge < -0.3 is 14.4 Å². The van der Waals surface area contributed by atoms with Crippen LogP contribution in [0.1, 0.15) is 39.0 Å². The number of carbonyl (C=O) groups excluding carboxylic acids is 1. The summed E-state index contributed by atoms with van der Waals surface area (Å²) in [4.78, 5) is 14.6. The molecule has 1 amide bonds. The summed E-state index contributed by atoms with van der Waals surface area (Å²) in [6.07, 6.45) is 4.85. The molecule has 21 heavy (non-hydrogen) atoms. The van der Waals surface area contributed by atoms with Crippen molar-refractivity contribution in [2.45, 2.75) is 45.1 Å². The molecule has 2 rings (SSSR count). The Balaban J connectivity index is 2.06. The van der Waals surface area contributed by atoms with Crippen LogP contribution in [0.3, 0.4) is 0 Å². The number of nitrogens with zero attached hydrogens (tertiary/aromatic N) is 1. The van der Waals surface area contributed by atoms with Crippen molar-refractivity contribution in [3.8, 4) is 11.5 Å². The number of rotatable bonds is 5. The molecule has 0 spiro atoms. The number of amides is 1. The second-order valence-corrected chi connectivity index (χ2v) is 5.41. The molecule has 0 aromatic heterocycles. The van der Waals surface area contributed by atoms with Crippen LogP contribution in [0.5, 0.6) is 11.5 Å². The summed E-state index contributed by atoms with van der Waals surface area (Å²) < 4.78 is 11.2. The van der Waals surface area contributed by atoms with E-state index in [-0.39, 0.29) is 5.91 Å². The molecule has 0 radical (unpaired) electrons. The van der Waals surface area contributed by atoms with Crippen LogP contribution >= 0.6 is 0 Å². The summed E-state index contributed by atoms with van der Waals surface area (Å²) in [5, 5.41) is 0. The number of para-hydroxylation sites is 2. The first-order valence-corrected chi connectivity index (χ1v) is 7.84. The van der Waals surface area contributed by atoms with Gasteiger partial charge in [-0.3, -0.25) is 4.79 Å². The highest BCUT2D eigenvalue weighted by molar-refractivity contribution is 5.81. The van der Waals surface area contributed by atoms with E-state index in [0.29, 0.717) is 17.9 Å². The van der Waals surface area contributed by atoms with Crippen molar-refractivity contribution in [2.75, 3.05) is 20.2 Å². The van der Waals surface area contributed by atoms with E-state index < -0.39 is 6.10 Å². The standard InChI is InChI=1S/C17H25NO3/c1-3-14(17(19)18-12-8-4-5-9-13-18)21-16-11-7-6-10-15(16)20-2/h6-7,10-11,14H,3-5,8-9,12-13H2,1-2H3/t14-/m1/s1. The summed E-state index contributed by atoms with van der Waals surface area (Å²) in [6, 6.07) is 7.47. The van der Waals surface area contributed by atoms with Crippen LogP contribution in [0.4, 0.5) is 0 Å². The lowest BCUT2D eigenvalue weighted by molar-refractivity contribution is -0.138. The Morgan fingerprint density at radius 2 is 1.76 bits per heavy atom. The predicted octanol–water partition coefficient (Wildman–Crippen LogP) is 3.26. The first-order chi connectivity index (χ1) is 10.3.